The van der Waals surface area contributed by atoms with Crippen LogP contribution in [0.25, 0.3) is 0 Å². The third kappa shape index (κ3) is 2.60. The van der Waals surface area contributed by atoms with Crippen molar-refractivity contribution in [2.24, 2.45) is 15.0 Å². The summed E-state index contributed by atoms with van der Waals surface area (Å²) < 4.78 is 0. The first-order valence-electron chi connectivity index (χ1n) is 4.92. The van der Waals surface area contributed by atoms with Crippen molar-refractivity contribution in [1.29, 1.82) is 0 Å². The Morgan fingerprint density at radius 1 is 1.29 bits per heavy atom. The van der Waals surface area contributed by atoms with Crippen LogP contribution in [0.2, 0.25) is 0 Å². The number of phenols is 1. The fourth-order valence-electron chi connectivity index (χ4n) is 1.35. The van der Waals surface area contributed by atoms with Crippen LogP contribution < -0.4 is 10.7 Å². The zero-order valence-electron chi connectivity index (χ0n) is 9.04. The maximum Gasteiger partial charge on any atom is 0.256 e. The number of aromatic hydroxyl groups is 1. The van der Waals surface area contributed by atoms with E-state index in [0.717, 1.165) is 0 Å². The number of amides is 1. The highest BCUT2D eigenvalue weighted by molar-refractivity contribution is 6.03. The second kappa shape index (κ2) is 4.25. The highest BCUT2D eigenvalue weighted by atomic mass is 16.3. The summed E-state index contributed by atoms with van der Waals surface area (Å²) >= 11 is 0. The van der Waals surface area contributed by atoms with Gasteiger partial charge in [0, 0.05) is 6.07 Å². The van der Waals surface area contributed by atoms with Crippen LogP contribution >= 0.6 is 0 Å². The highest BCUT2D eigenvalue weighted by Crippen LogP contribution is 2.00. The molecule has 1 aromatic rings. The lowest BCUT2D eigenvalue weighted by atomic mass is 10.3. The van der Waals surface area contributed by atoms with Crippen molar-refractivity contribution in [1.82, 2.24) is 0 Å². The number of aliphatic imine (C=N–C) groups is 1. The molecule has 0 fully saturated rings. The largest absolute Gasteiger partial charge is 0.508 e. The van der Waals surface area contributed by atoms with E-state index in [-0.39, 0.29) is 23.9 Å². The Morgan fingerprint density at radius 2 is 2.00 bits per heavy atom. The first-order chi connectivity index (χ1) is 8.04. The summed E-state index contributed by atoms with van der Waals surface area (Å²) in [7, 11) is 0. The Morgan fingerprint density at radius 3 is 2.71 bits per heavy atom. The lowest BCUT2D eigenvalue weighted by Crippen LogP contribution is -2.20. The van der Waals surface area contributed by atoms with Crippen LogP contribution in [0.1, 0.15) is 13.3 Å². The number of nitrogens with zero attached hydrogens (tertiary/aromatic N) is 3. The van der Waals surface area contributed by atoms with Crippen molar-refractivity contribution >= 4 is 17.6 Å². The lowest BCUT2D eigenvalue weighted by Gasteiger charge is -1.88. The molecule has 1 aliphatic heterocycles. The normalized spacial score (nSPS) is 15.0. The maximum absolute atomic E-state index is 11.2. The highest BCUT2D eigenvalue weighted by Gasteiger charge is 2.08. The fourth-order valence-corrected chi connectivity index (χ4v) is 1.35. The predicted molar refractivity (Wildman–Crippen MR) is 58.2 cm³/mol. The van der Waals surface area contributed by atoms with Gasteiger partial charge in [-0.2, -0.15) is 4.99 Å². The Balaban J connectivity index is 2.31. The molecule has 17 heavy (non-hydrogen) atoms. The number of carbonyl (C=O) groups is 2. The molecule has 1 N–H and O–H groups in total. The van der Waals surface area contributed by atoms with Crippen LogP contribution in [0.4, 0.5) is 0 Å². The fraction of sp³-hybridized carbons (Fsp3) is 0.182. The summed E-state index contributed by atoms with van der Waals surface area (Å²) in [4.78, 5) is 33.5. The molecule has 6 nitrogen and oxygen atoms in total. The number of guanidine groups is 1. The van der Waals surface area contributed by atoms with Gasteiger partial charge in [-0.1, -0.05) is 0 Å². The number of hydrogen-bond donors (Lipinski definition) is 1. The molecule has 0 saturated heterocycles. The topological polar surface area (TPSA) is 91.5 Å². The number of hydrogen-bond acceptors (Lipinski definition) is 3. The van der Waals surface area contributed by atoms with Crippen molar-refractivity contribution < 1.29 is 14.7 Å². The van der Waals surface area contributed by atoms with Crippen LogP contribution in [0, 0.1) is 0 Å². The lowest BCUT2D eigenvalue weighted by molar-refractivity contribution is -0.125. The molecule has 0 aliphatic carbocycles. The molecule has 0 bridgehead atoms. The van der Waals surface area contributed by atoms with E-state index < -0.39 is 5.91 Å². The van der Waals surface area contributed by atoms with Gasteiger partial charge in [-0.05, 0) is 19.1 Å². The predicted octanol–water partition coefficient (Wildman–Crippen LogP) is -0.493. The van der Waals surface area contributed by atoms with Crippen molar-refractivity contribution in [3.8, 4) is 5.75 Å². The average Bonchev–Trinajstić information content (AvgIpc) is 2.57. The van der Waals surface area contributed by atoms with Gasteiger partial charge >= 0.3 is 0 Å². The number of benzene rings is 1. The van der Waals surface area contributed by atoms with Crippen molar-refractivity contribution in [3.05, 3.63) is 28.9 Å². The first-order valence-corrected chi connectivity index (χ1v) is 4.92. The average molecular weight is 231 g/mol. The SMILES string of the molecule is CC(=O)CC(=O)N=C1N=c2ccc(O)cc2=N1. The summed E-state index contributed by atoms with van der Waals surface area (Å²) in [6.07, 6.45) is -0.254. The molecule has 1 aromatic carbocycles. The molecule has 1 aliphatic rings. The number of rotatable bonds is 2. The number of Topliss-reactive ketones (excluding diaryl/α,β-unsaturated/α-hetero) is 1. The zero-order valence-corrected chi connectivity index (χ0v) is 9.04. The smallest absolute Gasteiger partial charge is 0.256 e. The Labute approximate surface area is 96.1 Å². The second-order valence-corrected chi connectivity index (χ2v) is 3.58. The van der Waals surface area contributed by atoms with Crippen LogP contribution in [0.3, 0.4) is 0 Å². The molecular formula is C11H9N3O3. The Hall–Kier alpha value is -2.37. The summed E-state index contributed by atoms with van der Waals surface area (Å²) in [6.45, 7) is 1.31. The maximum atomic E-state index is 11.2. The minimum atomic E-state index is -0.572. The molecule has 0 saturated carbocycles. The van der Waals surface area contributed by atoms with Gasteiger partial charge in [0.25, 0.3) is 11.9 Å². The number of fused-ring (bicyclic) bond motifs is 1. The second-order valence-electron chi connectivity index (χ2n) is 3.58. The van der Waals surface area contributed by atoms with Gasteiger partial charge in [0.1, 0.15) is 11.5 Å². The van der Waals surface area contributed by atoms with Crippen LogP contribution in [0.15, 0.2) is 33.2 Å². The van der Waals surface area contributed by atoms with Gasteiger partial charge in [-0.25, -0.2) is 9.98 Å². The van der Waals surface area contributed by atoms with E-state index >= 15 is 0 Å². The van der Waals surface area contributed by atoms with E-state index in [0.29, 0.717) is 10.7 Å². The van der Waals surface area contributed by atoms with Gasteiger partial charge in [-0.15, -0.1) is 0 Å². The molecule has 0 atom stereocenters. The van der Waals surface area contributed by atoms with E-state index in [9.17, 15) is 14.7 Å². The van der Waals surface area contributed by atoms with Crippen molar-refractivity contribution in [2.45, 2.75) is 13.3 Å². The molecule has 1 amide bonds. The quantitative estimate of drug-likeness (QED) is 0.696. The van der Waals surface area contributed by atoms with Crippen LogP contribution in [0.5, 0.6) is 5.75 Å². The first kappa shape index (κ1) is 11.1. The molecular weight excluding hydrogens is 222 g/mol. The Bertz CT molecular complexity index is 646. The van der Waals surface area contributed by atoms with Gasteiger partial charge in [0.2, 0.25) is 0 Å². The summed E-state index contributed by atoms with van der Waals surface area (Å²) in [5.41, 5.74) is 0. The molecule has 2 rings (SSSR count). The van der Waals surface area contributed by atoms with Gasteiger partial charge in [0.05, 0.1) is 17.1 Å². The molecule has 0 radical (unpaired) electrons. The molecule has 6 heteroatoms. The third-order valence-electron chi connectivity index (χ3n) is 2.02. The number of phenolic OH excluding ortho intramolecular Hbond substituents is 1. The standard InChI is InChI=1S/C11H9N3O3/c1-6(15)4-10(17)14-11-12-8-3-2-7(16)5-9(8)13-11/h2-3,5,16H,4H2,1H3. The molecule has 0 aromatic heterocycles. The van der Waals surface area contributed by atoms with E-state index in [1.54, 1.807) is 6.07 Å². The monoisotopic (exact) mass is 231 g/mol. The third-order valence-corrected chi connectivity index (χ3v) is 2.02. The van der Waals surface area contributed by atoms with E-state index in [1.807, 2.05) is 0 Å². The van der Waals surface area contributed by atoms with E-state index in [2.05, 4.69) is 15.0 Å². The molecule has 1 heterocycles. The van der Waals surface area contributed by atoms with E-state index in [1.165, 1.54) is 19.1 Å². The van der Waals surface area contributed by atoms with Gasteiger partial charge in [0.15, 0.2) is 0 Å². The van der Waals surface area contributed by atoms with Crippen molar-refractivity contribution in [3.63, 3.8) is 0 Å². The van der Waals surface area contributed by atoms with Gasteiger partial charge in [-0.3, -0.25) is 9.59 Å². The summed E-state index contributed by atoms with van der Waals surface area (Å²) in [5, 5.41) is 10.2. The number of carbonyl (C=O) groups excluding carboxylic acids is 2. The van der Waals surface area contributed by atoms with Gasteiger partial charge < -0.3 is 5.11 Å². The number of ketones is 1. The minimum absolute atomic E-state index is 0.0110. The van der Waals surface area contributed by atoms with Crippen LogP contribution in [-0.2, 0) is 9.59 Å². The molecule has 86 valence electrons. The minimum Gasteiger partial charge on any atom is -0.508 e. The summed E-state index contributed by atoms with van der Waals surface area (Å²) in [5.74, 6) is -0.750. The molecule has 0 spiro atoms. The molecule has 0 unspecified atom stereocenters. The summed E-state index contributed by atoms with van der Waals surface area (Å²) in [6, 6.07) is 4.47. The van der Waals surface area contributed by atoms with E-state index in [4.69, 9.17) is 0 Å². The Kier molecular flexibility index (Phi) is 2.78. The van der Waals surface area contributed by atoms with Crippen molar-refractivity contribution in [2.75, 3.05) is 0 Å². The zero-order chi connectivity index (χ0) is 12.4. The van der Waals surface area contributed by atoms with Crippen LogP contribution in [-0.4, -0.2) is 22.8 Å².